The Labute approximate surface area is 168 Å². The van der Waals surface area contributed by atoms with Gasteiger partial charge in [-0.1, -0.05) is 26.0 Å². The van der Waals surface area contributed by atoms with Crippen LogP contribution in [-0.4, -0.2) is 49.6 Å². The lowest BCUT2D eigenvalue weighted by atomic mass is 10.0. The molecule has 0 bridgehead atoms. The third-order valence-electron chi connectivity index (χ3n) is 5.15. The van der Waals surface area contributed by atoms with Gasteiger partial charge in [-0.15, -0.1) is 0 Å². The summed E-state index contributed by atoms with van der Waals surface area (Å²) in [7, 11) is 0. The maximum atomic E-state index is 12.3. The van der Waals surface area contributed by atoms with Gasteiger partial charge < -0.3 is 23.9 Å². The molecule has 2 aliphatic rings. The number of amides is 2. The van der Waals surface area contributed by atoms with Crippen LogP contribution < -0.4 is 10.6 Å². The second-order valence-corrected chi connectivity index (χ2v) is 7.50. The van der Waals surface area contributed by atoms with Gasteiger partial charge in [-0.25, -0.2) is 4.79 Å². The largest absolute Gasteiger partial charge is 0.459 e. The summed E-state index contributed by atoms with van der Waals surface area (Å²) in [5.41, 5.74) is 1.85. The van der Waals surface area contributed by atoms with E-state index in [0.29, 0.717) is 11.6 Å². The highest BCUT2D eigenvalue weighted by Crippen LogP contribution is 2.29. The molecule has 0 aliphatic carbocycles. The van der Waals surface area contributed by atoms with E-state index in [0.717, 1.165) is 0 Å². The molecular weight excluding hydrogens is 376 g/mol. The van der Waals surface area contributed by atoms with Gasteiger partial charge in [-0.2, -0.15) is 0 Å². The zero-order chi connectivity index (χ0) is 20.4. The number of furan rings is 1. The second kappa shape index (κ2) is 8.26. The molecule has 2 fully saturated rings. The molecule has 0 radical (unpaired) electrons. The van der Waals surface area contributed by atoms with Crippen molar-refractivity contribution in [3.05, 3.63) is 54.0 Å². The fourth-order valence-electron chi connectivity index (χ4n) is 3.57. The monoisotopic (exact) mass is 400 g/mol. The molecule has 29 heavy (non-hydrogen) atoms. The number of hydrogen-bond donors (Lipinski definition) is 2. The van der Waals surface area contributed by atoms with Crippen LogP contribution in [0.4, 0.5) is 10.5 Å². The number of carbonyl (C=O) groups is 2. The molecule has 1 aromatic heterocycles. The van der Waals surface area contributed by atoms with Crippen molar-refractivity contribution in [3.63, 3.8) is 0 Å². The molecule has 4 rings (SSSR count). The van der Waals surface area contributed by atoms with Crippen LogP contribution in [0, 0.1) is 0 Å². The summed E-state index contributed by atoms with van der Waals surface area (Å²) in [4.78, 5) is 24.4. The van der Waals surface area contributed by atoms with Gasteiger partial charge in [-0.05, 0) is 35.7 Å². The van der Waals surface area contributed by atoms with Gasteiger partial charge in [0, 0.05) is 5.69 Å². The molecule has 0 unspecified atom stereocenters. The Morgan fingerprint density at radius 2 is 1.83 bits per heavy atom. The van der Waals surface area contributed by atoms with E-state index in [1.54, 1.807) is 12.1 Å². The Kier molecular flexibility index (Phi) is 5.55. The van der Waals surface area contributed by atoms with Crippen molar-refractivity contribution in [3.8, 4) is 0 Å². The summed E-state index contributed by atoms with van der Waals surface area (Å²) in [5, 5.41) is 5.56. The molecule has 2 amide bonds. The molecule has 1 aromatic carbocycles. The van der Waals surface area contributed by atoms with Crippen molar-refractivity contribution in [2.24, 2.45) is 0 Å². The van der Waals surface area contributed by atoms with E-state index in [2.05, 4.69) is 24.5 Å². The topological polar surface area (TPSA) is 99.0 Å². The molecule has 8 nitrogen and oxygen atoms in total. The Morgan fingerprint density at radius 3 is 2.52 bits per heavy atom. The molecule has 154 valence electrons. The van der Waals surface area contributed by atoms with Crippen LogP contribution in [0.2, 0.25) is 0 Å². The minimum absolute atomic E-state index is 0.210. The van der Waals surface area contributed by atoms with Crippen LogP contribution in [0.15, 0.2) is 47.1 Å². The van der Waals surface area contributed by atoms with Crippen LogP contribution in [0.25, 0.3) is 0 Å². The summed E-state index contributed by atoms with van der Waals surface area (Å²) in [6.45, 7) is 4.71. The van der Waals surface area contributed by atoms with Crippen LogP contribution in [-0.2, 0) is 14.2 Å². The smallest absolute Gasteiger partial charge is 0.412 e. The van der Waals surface area contributed by atoms with E-state index in [4.69, 9.17) is 18.6 Å². The Morgan fingerprint density at radius 1 is 1.07 bits per heavy atom. The Bertz CT molecular complexity index is 849. The first-order valence-corrected chi connectivity index (χ1v) is 9.66. The molecule has 2 saturated heterocycles. The number of anilines is 1. The number of nitrogens with one attached hydrogen (secondary N) is 2. The van der Waals surface area contributed by atoms with Crippen LogP contribution in [0.3, 0.4) is 0 Å². The zero-order valence-corrected chi connectivity index (χ0v) is 16.3. The number of carbonyl (C=O) groups excluding carboxylic acids is 2. The predicted molar refractivity (Wildman–Crippen MR) is 104 cm³/mol. The average molecular weight is 400 g/mol. The van der Waals surface area contributed by atoms with Crippen molar-refractivity contribution in [1.82, 2.24) is 5.32 Å². The maximum Gasteiger partial charge on any atom is 0.412 e. The highest BCUT2D eigenvalue weighted by molar-refractivity contribution is 5.91. The number of fused-ring (bicyclic) bond motifs is 1. The van der Waals surface area contributed by atoms with Gasteiger partial charge in [0.05, 0.1) is 25.5 Å². The average Bonchev–Trinajstić information content (AvgIpc) is 3.42. The van der Waals surface area contributed by atoms with E-state index in [9.17, 15) is 9.59 Å². The van der Waals surface area contributed by atoms with Gasteiger partial charge in [0.25, 0.3) is 5.91 Å². The molecule has 2 aliphatic heterocycles. The highest BCUT2D eigenvalue weighted by atomic mass is 16.6. The first-order chi connectivity index (χ1) is 14.0. The first-order valence-electron chi connectivity index (χ1n) is 9.66. The normalized spacial score (nSPS) is 25.6. The van der Waals surface area contributed by atoms with Crippen molar-refractivity contribution in [2.45, 2.75) is 44.1 Å². The summed E-state index contributed by atoms with van der Waals surface area (Å²) >= 11 is 0. The van der Waals surface area contributed by atoms with Gasteiger partial charge >= 0.3 is 6.09 Å². The van der Waals surface area contributed by atoms with Crippen molar-refractivity contribution < 1.29 is 28.2 Å². The molecule has 0 saturated carbocycles. The van der Waals surface area contributed by atoms with Crippen LogP contribution in [0.1, 0.15) is 35.9 Å². The highest BCUT2D eigenvalue weighted by Gasteiger charge is 2.50. The summed E-state index contributed by atoms with van der Waals surface area (Å²) in [6, 6.07) is 10.5. The third kappa shape index (κ3) is 4.28. The third-order valence-corrected chi connectivity index (χ3v) is 5.15. The zero-order valence-electron chi connectivity index (χ0n) is 16.3. The summed E-state index contributed by atoms with van der Waals surface area (Å²) < 4.78 is 22.1. The minimum Gasteiger partial charge on any atom is -0.459 e. The fraction of sp³-hybridized carbons (Fsp3) is 0.429. The molecule has 8 heteroatoms. The van der Waals surface area contributed by atoms with Crippen LogP contribution >= 0.6 is 0 Å². The molecule has 0 spiro atoms. The Hall–Kier alpha value is -2.84. The fourth-order valence-corrected chi connectivity index (χ4v) is 3.57. The van der Waals surface area contributed by atoms with Gasteiger partial charge in [0.2, 0.25) is 0 Å². The maximum absolute atomic E-state index is 12.3. The van der Waals surface area contributed by atoms with E-state index < -0.39 is 18.3 Å². The lowest BCUT2D eigenvalue weighted by Gasteiger charge is -2.18. The molecule has 2 N–H and O–H groups in total. The first kappa shape index (κ1) is 19.5. The SMILES string of the molecule is CC(C)c1ccc(NC(=O)O[C@H]2CO[C@@H]3[C@@H]2OC[C@@H]3NC(=O)c2ccco2)cc1. The van der Waals surface area contributed by atoms with Crippen molar-refractivity contribution >= 4 is 17.7 Å². The predicted octanol–water partition coefficient (Wildman–Crippen LogP) is 2.92. The Balaban J connectivity index is 1.30. The van der Waals surface area contributed by atoms with Gasteiger partial charge in [0.1, 0.15) is 12.2 Å². The van der Waals surface area contributed by atoms with Gasteiger partial charge in [-0.3, -0.25) is 10.1 Å². The van der Waals surface area contributed by atoms with E-state index in [1.807, 2.05) is 24.3 Å². The standard InChI is InChI=1S/C21H24N2O6/c1-12(2)13-5-7-14(8-6-13)22-21(25)29-17-11-28-18-15(10-27-19(17)18)23-20(24)16-4-3-9-26-16/h3-9,12,15,17-19H,10-11H2,1-2H3,(H,22,25)(H,23,24)/t15-,17-,18-,19+/m0/s1. The number of rotatable bonds is 5. The minimum atomic E-state index is -0.566. The molecule has 3 heterocycles. The number of ether oxygens (including phenoxy) is 3. The van der Waals surface area contributed by atoms with E-state index >= 15 is 0 Å². The van der Waals surface area contributed by atoms with Crippen LogP contribution in [0.5, 0.6) is 0 Å². The quantitative estimate of drug-likeness (QED) is 0.801. The van der Waals surface area contributed by atoms with E-state index in [-0.39, 0.29) is 37.0 Å². The van der Waals surface area contributed by atoms with E-state index in [1.165, 1.54) is 11.8 Å². The van der Waals surface area contributed by atoms with Gasteiger partial charge in [0.15, 0.2) is 11.9 Å². The summed E-state index contributed by atoms with van der Waals surface area (Å²) in [5.74, 6) is 0.311. The number of hydrogen-bond acceptors (Lipinski definition) is 6. The van der Waals surface area contributed by atoms with Crippen molar-refractivity contribution in [1.29, 1.82) is 0 Å². The van der Waals surface area contributed by atoms with Crippen molar-refractivity contribution in [2.75, 3.05) is 18.5 Å². The molecule has 2 aromatic rings. The second-order valence-electron chi connectivity index (χ2n) is 7.50. The molecule has 4 atom stereocenters. The number of benzene rings is 1. The lowest BCUT2D eigenvalue weighted by Crippen LogP contribution is -2.44. The lowest BCUT2D eigenvalue weighted by molar-refractivity contribution is 0.00860. The molecular formula is C21H24N2O6. The summed E-state index contributed by atoms with van der Waals surface area (Å²) in [6.07, 6.45) is -0.472.